The van der Waals surface area contributed by atoms with Crippen molar-refractivity contribution in [3.05, 3.63) is 70.6 Å². The first kappa shape index (κ1) is 21.6. The van der Waals surface area contributed by atoms with E-state index in [0.717, 1.165) is 22.6 Å². The molecule has 0 aliphatic rings. The molecule has 0 radical (unpaired) electrons. The van der Waals surface area contributed by atoms with Crippen molar-refractivity contribution in [1.82, 2.24) is 9.55 Å². The Bertz CT molecular complexity index is 1290. The Balaban J connectivity index is 1.55. The van der Waals surface area contributed by atoms with Gasteiger partial charge in [-0.15, -0.1) is 11.3 Å². The minimum absolute atomic E-state index is 0.0737. The Kier molecular flexibility index (Phi) is 6.23. The smallest absolute Gasteiger partial charge is 0.263 e. The number of carbonyl (C=O) groups is 1. The zero-order valence-corrected chi connectivity index (χ0v) is 18.8. The summed E-state index contributed by atoms with van der Waals surface area (Å²) in [5, 5.41) is 5.22. The van der Waals surface area contributed by atoms with Gasteiger partial charge in [-0.05, 0) is 55.8 Å². The van der Waals surface area contributed by atoms with E-state index >= 15 is 0 Å². The molecular formula is C24H23N3O4S. The van der Waals surface area contributed by atoms with Gasteiger partial charge in [0.2, 0.25) is 5.91 Å². The molecule has 7 nitrogen and oxygen atoms in total. The van der Waals surface area contributed by atoms with E-state index in [1.54, 1.807) is 31.4 Å². The minimum atomic E-state index is -0.313. The normalized spacial score (nSPS) is 11.0. The van der Waals surface area contributed by atoms with Crippen molar-refractivity contribution >= 4 is 33.1 Å². The van der Waals surface area contributed by atoms with Crippen LogP contribution in [0.3, 0.4) is 0 Å². The van der Waals surface area contributed by atoms with Crippen molar-refractivity contribution in [3.8, 4) is 22.6 Å². The molecule has 0 fully saturated rings. The summed E-state index contributed by atoms with van der Waals surface area (Å²) in [7, 11) is 1.61. The second-order valence-corrected chi connectivity index (χ2v) is 8.33. The molecule has 2 aromatic heterocycles. The number of ether oxygens (including phenoxy) is 2. The molecule has 4 rings (SSSR count). The van der Waals surface area contributed by atoms with Gasteiger partial charge < -0.3 is 14.8 Å². The molecule has 32 heavy (non-hydrogen) atoms. The fourth-order valence-corrected chi connectivity index (χ4v) is 4.21. The Morgan fingerprint density at radius 2 is 1.78 bits per heavy atom. The molecule has 0 aliphatic heterocycles. The molecule has 2 heterocycles. The summed E-state index contributed by atoms with van der Waals surface area (Å²) in [5.74, 6) is 1.16. The number of benzene rings is 2. The van der Waals surface area contributed by atoms with E-state index in [9.17, 15) is 9.59 Å². The lowest BCUT2D eigenvalue weighted by Gasteiger charge is -2.11. The number of anilines is 1. The first-order valence-corrected chi connectivity index (χ1v) is 11.0. The molecule has 0 unspecified atom stereocenters. The first-order chi connectivity index (χ1) is 15.4. The molecule has 4 aromatic rings. The maximum atomic E-state index is 13.2. The highest BCUT2D eigenvalue weighted by atomic mass is 32.1. The quantitative estimate of drug-likeness (QED) is 0.447. The monoisotopic (exact) mass is 449 g/mol. The predicted octanol–water partition coefficient (Wildman–Crippen LogP) is 4.56. The van der Waals surface area contributed by atoms with Crippen LogP contribution < -0.4 is 20.3 Å². The van der Waals surface area contributed by atoms with Crippen LogP contribution in [0.1, 0.15) is 13.8 Å². The lowest BCUT2D eigenvalue weighted by molar-refractivity contribution is -0.116. The number of nitrogens with zero attached hydrogens (tertiary/aromatic N) is 2. The molecule has 0 saturated heterocycles. The van der Waals surface area contributed by atoms with E-state index in [0.29, 0.717) is 15.9 Å². The molecule has 0 spiro atoms. The minimum Gasteiger partial charge on any atom is -0.497 e. The van der Waals surface area contributed by atoms with Gasteiger partial charge in [0.15, 0.2) is 0 Å². The molecule has 2 aromatic carbocycles. The van der Waals surface area contributed by atoms with Gasteiger partial charge in [-0.2, -0.15) is 0 Å². The molecule has 164 valence electrons. The van der Waals surface area contributed by atoms with Crippen LogP contribution in [0.15, 0.2) is 65.0 Å². The summed E-state index contributed by atoms with van der Waals surface area (Å²) in [6.07, 6.45) is 1.49. The summed E-state index contributed by atoms with van der Waals surface area (Å²) >= 11 is 1.40. The second-order valence-electron chi connectivity index (χ2n) is 7.47. The number of aromatic nitrogens is 2. The van der Waals surface area contributed by atoms with E-state index in [2.05, 4.69) is 10.3 Å². The summed E-state index contributed by atoms with van der Waals surface area (Å²) in [6, 6.07) is 14.6. The SMILES string of the molecule is COc1ccc(-c2csc3ncn(CC(=O)Nc4ccc(OC(C)C)cc4)c(=O)c23)cc1. The molecule has 8 heteroatoms. The van der Waals surface area contributed by atoms with Gasteiger partial charge in [0, 0.05) is 16.6 Å². The fraction of sp³-hybridized carbons (Fsp3) is 0.208. The summed E-state index contributed by atoms with van der Waals surface area (Å²) < 4.78 is 12.1. The largest absolute Gasteiger partial charge is 0.497 e. The fourth-order valence-electron chi connectivity index (χ4n) is 3.31. The zero-order valence-electron chi connectivity index (χ0n) is 18.0. The van der Waals surface area contributed by atoms with E-state index in [1.165, 1.54) is 22.2 Å². The number of rotatable bonds is 7. The van der Waals surface area contributed by atoms with Crippen LogP contribution in [0.4, 0.5) is 5.69 Å². The molecule has 0 atom stereocenters. The zero-order chi connectivity index (χ0) is 22.7. The van der Waals surface area contributed by atoms with Gasteiger partial charge in [0.1, 0.15) is 22.9 Å². The number of carbonyl (C=O) groups excluding carboxylic acids is 1. The van der Waals surface area contributed by atoms with Crippen LogP contribution in [0.2, 0.25) is 0 Å². The van der Waals surface area contributed by atoms with Gasteiger partial charge in [-0.3, -0.25) is 14.2 Å². The van der Waals surface area contributed by atoms with Crippen LogP contribution in [0, 0.1) is 0 Å². The van der Waals surface area contributed by atoms with Crippen molar-refractivity contribution in [2.45, 2.75) is 26.5 Å². The van der Waals surface area contributed by atoms with Gasteiger partial charge in [0.05, 0.1) is 24.9 Å². The average Bonchev–Trinajstić information content (AvgIpc) is 3.22. The summed E-state index contributed by atoms with van der Waals surface area (Å²) in [4.78, 5) is 30.7. The Morgan fingerprint density at radius 1 is 1.09 bits per heavy atom. The van der Waals surface area contributed by atoms with Crippen molar-refractivity contribution < 1.29 is 14.3 Å². The molecule has 1 N–H and O–H groups in total. The second kappa shape index (κ2) is 9.23. The topological polar surface area (TPSA) is 82.5 Å². The molecular weight excluding hydrogens is 426 g/mol. The molecule has 0 saturated carbocycles. The highest BCUT2D eigenvalue weighted by Crippen LogP contribution is 2.31. The highest BCUT2D eigenvalue weighted by Gasteiger charge is 2.15. The van der Waals surface area contributed by atoms with Crippen LogP contribution in [-0.4, -0.2) is 28.7 Å². The van der Waals surface area contributed by atoms with Crippen molar-refractivity contribution in [2.24, 2.45) is 0 Å². The number of amides is 1. The van der Waals surface area contributed by atoms with E-state index in [4.69, 9.17) is 9.47 Å². The van der Waals surface area contributed by atoms with Gasteiger partial charge in [-0.1, -0.05) is 12.1 Å². The van der Waals surface area contributed by atoms with E-state index < -0.39 is 0 Å². The number of nitrogens with one attached hydrogen (secondary N) is 1. The Morgan fingerprint density at radius 3 is 2.44 bits per heavy atom. The standard InChI is InChI=1S/C24H23N3O4S/c1-15(2)31-19-10-6-17(7-11-19)26-21(28)12-27-14-25-23-22(24(27)29)20(13-32-23)16-4-8-18(30-3)9-5-16/h4-11,13-15H,12H2,1-3H3,(H,26,28). The lowest BCUT2D eigenvalue weighted by Crippen LogP contribution is -2.27. The molecule has 1 amide bonds. The van der Waals surface area contributed by atoms with Gasteiger partial charge in [-0.25, -0.2) is 4.98 Å². The molecule has 0 bridgehead atoms. The van der Waals surface area contributed by atoms with E-state index in [-0.39, 0.29) is 24.1 Å². The number of hydrogen-bond acceptors (Lipinski definition) is 6. The van der Waals surface area contributed by atoms with Crippen molar-refractivity contribution in [3.63, 3.8) is 0 Å². The maximum Gasteiger partial charge on any atom is 0.263 e. The van der Waals surface area contributed by atoms with Crippen LogP contribution in [0.25, 0.3) is 21.3 Å². The number of hydrogen-bond donors (Lipinski definition) is 1. The van der Waals surface area contributed by atoms with Crippen LogP contribution in [0.5, 0.6) is 11.5 Å². The summed E-state index contributed by atoms with van der Waals surface area (Å²) in [6.45, 7) is 3.77. The maximum absolute atomic E-state index is 13.2. The van der Waals surface area contributed by atoms with Gasteiger partial charge in [0.25, 0.3) is 5.56 Å². The number of fused-ring (bicyclic) bond motifs is 1. The highest BCUT2D eigenvalue weighted by molar-refractivity contribution is 7.17. The third-order valence-electron chi connectivity index (χ3n) is 4.79. The van der Waals surface area contributed by atoms with Crippen molar-refractivity contribution in [1.29, 1.82) is 0 Å². The van der Waals surface area contributed by atoms with Gasteiger partial charge >= 0.3 is 0 Å². The number of thiophene rings is 1. The first-order valence-electron chi connectivity index (χ1n) is 10.1. The Labute approximate surface area is 189 Å². The van der Waals surface area contributed by atoms with Crippen molar-refractivity contribution in [2.75, 3.05) is 12.4 Å². The third kappa shape index (κ3) is 4.65. The third-order valence-corrected chi connectivity index (χ3v) is 5.67. The Hall–Kier alpha value is -3.65. The molecule has 0 aliphatic carbocycles. The average molecular weight is 450 g/mol. The van der Waals surface area contributed by atoms with Crippen LogP contribution in [-0.2, 0) is 11.3 Å². The number of methoxy groups -OCH3 is 1. The summed E-state index contributed by atoms with van der Waals surface area (Å²) in [5.41, 5.74) is 2.06. The van der Waals surface area contributed by atoms with E-state index in [1.807, 2.05) is 43.5 Å². The lowest BCUT2D eigenvalue weighted by atomic mass is 10.1. The van der Waals surface area contributed by atoms with Crippen LogP contribution >= 0.6 is 11.3 Å². The predicted molar refractivity (Wildman–Crippen MR) is 127 cm³/mol.